The number of methoxy groups -OCH3 is 1. The van der Waals surface area contributed by atoms with Gasteiger partial charge >= 0.3 is 5.97 Å². The first-order chi connectivity index (χ1) is 6.11. The average Bonchev–Trinajstić information content (AvgIpc) is 2.15. The third kappa shape index (κ3) is 5.69. The summed E-state index contributed by atoms with van der Waals surface area (Å²) in [5.74, 6) is 0.665. The van der Waals surface area contributed by atoms with Crippen molar-refractivity contribution in [3.8, 4) is 0 Å². The highest BCUT2D eigenvalue weighted by molar-refractivity contribution is 8.00. The lowest BCUT2D eigenvalue weighted by Gasteiger charge is -2.07. The zero-order chi connectivity index (χ0) is 10.3. The zero-order valence-electron chi connectivity index (χ0n) is 8.33. The zero-order valence-corrected chi connectivity index (χ0v) is 9.15. The fraction of sp³-hybridized carbons (Fsp3) is 0.778. The van der Waals surface area contributed by atoms with Gasteiger partial charge in [0.2, 0.25) is 0 Å². The van der Waals surface area contributed by atoms with Crippen molar-refractivity contribution < 1.29 is 14.3 Å². The molecule has 3 nitrogen and oxygen atoms in total. The van der Waals surface area contributed by atoms with Gasteiger partial charge in [0.05, 0.1) is 18.8 Å². The molecular formula is C9H16O3S. The molecule has 1 atom stereocenters. The number of carbonyl (C=O) groups excluding carboxylic acids is 2. The molecule has 0 aromatic rings. The fourth-order valence-electron chi connectivity index (χ4n) is 0.802. The van der Waals surface area contributed by atoms with Crippen LogP contribution in [0.4, 0.5) is 0 Å². The van der Waals surface area contributed by atoms with E-state index in [0.29, 0.717) is 18.6 Å². The summed E-state index contributed by atoms with van der Waals surface area (Å²) in [7, 11) is 1.37. The van der Waals surface area contributed by atoms with Crippen LogP contribution in [-0.4, -0.2) is 29.9 Å². The molecular weight excluding hydrogens is 188 g/mol. The summed E-state index contributed by atoms with van der Waals surface area (Å²) in [5, 5.41) is -0.00495. The minimum Gasteiger partial charge on any atom is -0.469 e. The summed E-state index contributed by atoms with van der Waals surface area (Å²) in [6.45, 7) is 3.72. The molecule has 76 valence electrons. The lowest BCUT2D eigenvalue weighted by atomic mass is 10.2. The number of thioether (sulfide) groups is 1. The molecule has 1 unspecified atom stereocenters. The van der Waals surface area contributed by atoms with Gasteiger partial charge in [-0.15, -0.1) is 0 Å². The van der Waals surface area contributed by atoms with Gasteiger partial charge in [0.25, 0.3) is 0 Å². The SMILES string of the molecule is CCC(=O)C(C)SCCC(=O)OC. The molecule has 0 radical (unpaired) electrons. The second-order valence-corrected chi connectivity index (χ2v) is 4.11. The molecule has 0 aliphatic rings. The normalized spacial score (nSPS) is 12.2. The van der Waals surface area contributed by atoms with Crippen molar-refractivity contribution in [3.05, 3.63) is 0 Å². The summed E-state index contributed by atoms with van der Waals surface area (Å²) in [6.07, 6.45) is 0.939. The monoisotopic (exact) mass is 204 g/mol. The smallest absolute Gasteiger partial charge is 0.306 e. The van der Waals surface area contributed by atoms with E-state index in [4.69, 9.17) is 0 Å². The molecule has 0 saturated carbocycles. The fourth-order valence-corrected chi connectivity index (χ4v) is 1.79. The second-order valence-electron chi connectivity index (χ2n) is 2.66. The molecule has 0 bridgehead atoms. The Bertz CT molecular complexity index is 180. The Kier molecular flexibility index (Phi) is 6.68. The van der Waals surface area contributed by atoms with Crippen molar-refractivity contribution in [2.24, 2.45) is 0 Å². The molecule has 4 heteroatoms. The van der Waals surface area contributed by atoms with Gasteiger partial charge in [-0.1, -0.05) is 6.92 Å². The molecule has 0 heterocycles. The topological polar surface area (TPSA) is 43.4 Å². The van der Waals surface area contributed by atoms with Crippen molar-refractivity contribution >= 4 is 23.5 Å². The lowest BCUT2D eigenvalue weighted by molar-refractivity contribution is -0.140. The van der Waals surface area contributed by atoms with Crippen molar-refractivity contribution in [1.82, 2.24) is 0 Å². The summed E-state index contributed by atoms with van der Waals surface area (Å²) in [5.41, 5.74) is 0. The molecule has 0 aliphatic heterocycles. The summed E-state index contributed by atoms with van der Waals surface area (Å²) in [6, 6.07) is 0. The first-order valence-electron chi connectivity index (χ1n) is 4.33. The van der Waals surface area contributed by atoms with E-state index in [1.54, 1.807) is 0 Å². The number of hydrogen-bond acceptors (Lipinski definition) is 4. The van der Waals surface area contributed by atoms with E-state index < -0.39 is 0 Å². The minimum absolute atomic E-state index is 0.00495. The van der Waals surface area contributed by atoms with Gasteiger partial charge in [-0.05, 0) is 6.92 Å². The van der Waals surface area contributed by atoms with Crippen molar-refractivity contribution in [3.63, 3.8) is 0 Å². The van der Waals surface area contributed by atoms with Crippen LogP contribution in [0.25, 0.3) is 0 Å². The first-order valence-corrected chi connectivity index (χ1v) is 5.37. The van der Waals surface area contributed by atoms with Crippen LogP contribution in [-0.2, 0) is 14.3 Å². The quantitative estimate of drug-likeness (QED) is 0.617. The van der Waals surface area contributed by atoms with Crippen LogP contribution >= 0.6 is 11.8 Å². The van der Waals surface area contributed by atoms with Crippen LogP contribution in [0.3, 0.4) is 0 Å². The van der Waals surface area contributed by atoms with Crippen LogP contribution in [0.5, 0.6) is 0 Å². The first kappa shape index (κ1) is 12.5. The van der Waals surface area contributed by atoms with Gasteiger partial charge in [-0.3, -0.25) is 9.59 Å². The van der Waals surface area contributed by atoms with E-state index in [9.17, 15) is 9.59 Å². The van der Waals surface area contributed by atoms with Crippen molar-refractivity contribution in [2.45, 2.75) is 31.9 Å². The maximum absolute atomic E-state index is 11.1. The van der Waals surface area contributed by atoms with Crippen LogP contribution in [0.1, 0.15) is 26.7 Å². The number of Topliss-reactive ketones (excluding diaryl/α,β-unsaturated/α-hetero) is 1. The Labute approximate surface area is 83.2 Å². The summed E-state index contributed by atoms with van der Waals surface area (Å²) in [4.78, 5) is 21.8. The van der Waals surface area contributed by atoms with Gasteiger partial charge in [-0.2, -0.15) is 11.8 Å². The third-order valence-corrected chi connectivity index (χ3v) is 2.91. The highest BCUT2D eigenvalue weighted by Crippen LogP contribution is 2.13. The van der Waals surface area contributed by atoms with Gasteiger partial charge in [0.15, 0.2) is 0 Å². The lowest BCUT2D eigenvalue weighted by Crippen LogP contribution is -2.13. The van der Waals surface area contributed by atoms with Crippen LogP contribution < -0.4 is 0 Å². The number of rotatable bonds is 6. The Hall–Kier alpha value is -0.510. The van der Waals surface area contributed by atoms with E-state index in [2.05, 4.69) is 4.74 Å². The Morgan fingerprint density at radius 3 is 2.54 bits per heavy atom. The number of hydrogen-bond donors (Lipinski definition) is 0. The molecule has 0 amide bonds. The highest BCUT2D eigenvalue weighted by atomic mass is 32.2. The molecule has 0 rings (SSSR count). The van der Waals surface area contributed by atoms with Crippen LogP contribution in [0.2, 0.25) is 0 Å². The predicted molar refractivity (Wildman–Crippen MR) is 53.9 cm³/mol. The van der Waals surface area contributed by atoms with E-state index in [-0.39, 0.29) is 17.0 Å². The van der Waals surface area contributed by atoms with E-state index in [1.165, 1.54) is 18.9 Å². The van der Waals surface area contributed by atoms with E-state index in [1.807, 2.05) is 13.8 Å². The van der Waals surface area contributed by atoms with Crippen LogP contribution in [0, 0.1) is 0 Å². The Balaban J connectivity index is 3.53. The summed E-state index contributed by atoms with van der Waals surface area (Å²) < 4.78 is 4.48. The molecule has 0 N–H and O–H groups in total. The summed E-state index contributed by atoms with van der Waals surface area (Å²) >= 11 is 1.50. The molecule has 13 heavy (non-hydrogen) atoms. The minimum atomic E-state index is -0.219. The number of carbonyl (C=O) groups is 2. The Morgan fingerprint density at radius 1 is 1.46 bits per heavy atom. The predicted octanol–water partition coefficient (Wildman–Crippen LogP) is 1.65. The van der Waals surface area contributed by atoms with Gasteiger partial charge in [-0.25, -0.2) is 0 Å². The van der Waals surface area contributed by atoms with Gasteiger partial charge in [0, 0.05) is 12.2 Å². The highest BCUT2D eigenvalue weighted by Gasteiger charge is 2.11. The number of esters is 1. The largest absolute Gasteiger partial charge is 0.469 e. The van der Waals surface area contributed by atoms with E-state index in [0.717, 1.165) is 0 Å². The molecule has 0 saturated heterocycles. The standard InChI is InChI=1S/C9H16O3S/c1-4-8(10)7(2)13-6-5-9(11)12-3/h7H,4-6H2,1-3H3. The molecule has 0 aliphatic carbocycles. The van der Waals surface area contributed by atoms with Crippen LogP contribution in [0.15, 0.2) is 0 Å². The molecule has 0 spiro atoms. The van der Waals surface area contributed by atoms with E-state index >= 15 is 0 Å². The third-order valence-electron chi connectivity index (χ3n) is 1.70. The number of ether oxygens (including phenoxy) is 1. The van der Waals surface area contributed by atoms with Gasteiger partial charge < -0.3 is 4.74 Å². The average molecular weight is 204 g/mol. The van der Waals surface area contributed by atoms with Crippen molar-refractivity contribution in [1.29, 1.82) is 0 Å². The maximum Gasteiger partial charge on any atom is 0.306 e. The van der Waals surface area contributed by atoms with Gasteiger partial charge in [0.1, 0.15) is 5.78 Å². The van der Waals surface area contributed by atoms with Crippen molar-refractivity contribution in [2.75, 3.05) is 12.9 Å². The Morgan fingerprint density at radius 2 is 2.08 bits per heavy atom. The number of ketones is 1. The molecule has 0 aromatic carbocycles. The molecule has 0 aromatic heterocycles. The molecule has 0 fully saturated rings. The second kappa shape index (κ2) is 6.95. The maximum atomic E-state index is 11.1.